The van der Waals surface area contributed by atoms with Crippen LogP contribution in [-0.2, 0) is 4.74 Å². The van der Waals surface area contributed by atoms with Crippen LogP contribution in [0.1, 0.15) is 27.9 Å². The average molecular weight is 463 g/mol. The number of amides is 1. The molecular formula is C26H26N2O6. The molecule has 5 rings (SSSR count). The molecule has 1 aliphatic rings. The number of rotatable bonds is 7. The Hall–Kier alpha value is -3.75. The number of hydrogen-bond acceptors (Lipinski definition) is 7. The van der Waals surface area contributed by atoms with Gasteiger partial charge in [-0.15, -0.1) is 0 Å². The molecule has 0 spiro atoms. The first-order valence-electron chi connectivity index (χ1n) is 11.1. The highest BCUT2D eigenvalue weighted by molar-refractivity contribution is 6.08. The Bertz CT molecular complexity index is 1270. The number of fused-ring (bicyclic) bond motifs is 1. The SMILES string of the molecule is COc1ccc(OC)c([C@@H](c2oc3ccccc3c2NC(=O)c2ccco2)N2CCOCC2)c1. The number of methoxy groups -OCH3 is 2. The van der Waals surface area contributed by atoms with E-state index >= 15 is 0 Å². The van der Waals surface area contributed by atoms with Crippen LogP contribution in [0, 0.1) is 0 Å². The van der Waals surface area contributed by atoms with Gasteiger partial charge in [-0.1, -0.05) is 12.1 Å². The van der Waals surface area contributed by atoms with Gasteiger partial charge in [0.05, 0.1) is 45.4 Å². The van der Waals surface area contributed by atoms with Crippen LogP contribution in [0.5, 0.6) is 11.5 Å². The number of anilines is 1. The fraction of sp³-hybridized carbons (Fsp3) is 0.269. The monoisotopic (exact) mass is 462 g/mol. The lowest BCUT2D eigenvalue weighted by molar-refractivity contribution is 0.0201. The van der Waals surface area contributed by atoms with Crippen molar-refractivity contribution in [3.8, 4) is 11.5 Å². The van der Waals surface area contributed by atoms with E-state index < -0.39 is 0 Å². The molecule has 0 radical (unpaired) electrons. The number of morpholine rings is 1. The maximum absolute atomic E-state index is 13.0. The summed E-state index contributed by atoms with van der Waals surface area (Å²) in [6.07, 6.45) is 1.47. The average Bonchev–Trinajstić information content (AvgIpc) is 3.54. The highest BCUT2D eigenvalue weighted by Crippen LogP contribution is 2.44. The third-order valence-electron chi connectivity index (χ3n) is 6.00. The van der Waals surface area contributed by atoms with Crippen LogP contribution in [-0.4, -0.2) is 51.3 Å². The van der Waals surface area contributed by atoms with Crippen molar-refractivity contribution in [3.63, 3.8) is 0 Å². The normalized spacial score (nSPS) is 15.2. The van der Waals surface area contributed by atoms with Crippen molar-refractivity contribution in [2.45, 2.75) is 6.04 Å². The summed E-state index contributed by atoms with van der Waals surface area (Å²) in [5.41, 5.74) is 2.14. The Balaban J connectivity index is 1.69. The molecule has 8 nitrogen and oxygen atoms in total. The van der Waals surface area contributed by atoms with E-state index in [0.717, 1.165) is 10.9 Å². The molecule has 0 aliphatic carbocycles. The van der Waals surface area contributed by atoms with Crippen LogP contribution < -0.4 is 14.8 Å². The van der Waals surface area contributed by atoms with Crippen LogP contribution in [0.15, 0.2) is 69.7 Å². The van der Waals surface area contributed by atoms with Crippen molar-refractivity contribution < 1.29 is 27.8 Å². The minimum absolute atomic E-state index is 0.220. The van der Waals surface area contributed by atoms with E-state index in [4.69, 9.17) is 23.0 Å². The fourth-order valence-electron chi connectivity index (χ4n) is 4.36. The number of carbonyl (C=O) groups is 1. The zero-order valence-electron chi connectivity index (χ0n) is 19.1. The van der Waals surface area contributed by atoms with Crippen molar-refractivity contribution in [2.75, 3.05) is 45.8 Å². The van der Waals surface area contributed by atoms with Crippen molar-refractivity contribution in [3.05, 3.63) is 77.9 Å². The summed E-state index contributed by atoms with van der Waals surface area (Å²) >= 11 is 0. The lowest BCUT2D eigenvalue weighted by Crippen LogP contribution is -2.39. The van der Waals surface area contributed by atoms with Gasteiger partial charge in [-0.05, 0) is 42.5 Å². The summed E-state index contributed by atoms with van der Waals surface area (Å²) in [5.74, 6) is 1.87. The maximum atomic E-state index is 13.0. The Labute approximate surface area is 197 Å². The fourth-order valence-corrected chi connectivity index (χ4v) is 4.36. The number of ether oxygens (including phenoxy) is 3. The van der Waals surface area contributed by atoms with Crippen LogP contribution in [0.3, 0.4) is 0 Å². The van der Waals surface area contributed by atoms with Crippen molar-refractivity contribution in [1.82, 2.24) is 4.90 Å². The minimum Gasteiger partial charge on any atom is -0.497 e. The van der Waals surface area contributed by atoms with Crippen LogP contribution in [0.25, 0.3) is 11.0 Å². The number of carbonyl (C=O) groups excluding carboxylic acids is 1. The Morgan fingerprint density at radius 2 is 1.85 bits per heavy atom. The molecule has 0 saturated carbocycles. The summed E-state index contributed by atoms with van der Waals surface area (Å²) in [4.78, 5) is 15.3. The van der Waals surface area contributed by atoms with E-state index in [-0.39, 0.29) is 17.7 Å². The van der Waals surface area contributed by atoms with E-state index in [1.807, 2.05) is 42.5 Å². The van der Waals surface area contributed by atoms with Crippen LogP contribution in [0.2, 0.25) is 0 Å². The predicted molar refractivity (Wildman–Crippen MR) is 127 cm³/mol. The number of benzene rings is 2. The first-order chi connectivity index (χ1) is 16.7. The maximum Gasteiger partial charge on any atom is 0.291 e. The Morgan fingerprint density at radius 1 is 1.03 bits per heavy atom. The van der Waals surface area contributed by atoms with Crippen LogP contribution >= 0.6 is 0 Å². The highest BCUT2D eigenvalue weighted by Gasteiger charge is 2.34. The minimum atomic E-state index is -0.353. The Kier molecular flexibility index (Phi) is 6.24. The molecule has 8 heteroatoms. The van der Waals surface area contributed by atoms with Crippen molar-refractivity contribution >= 4 is 22.6 Å². The molecule has 1 N–H and O–H groups in total. The topological polar surface area (TPSA) is 86.3 Å². The summed E-state index contributed by atoms with van der Waals surface area (Å²) in [5, 5.41) is 3.84. The number of para-hydroxylation sites is 1. The largest absolute Gasteiger partial charge is 0.497 e. The molecule has 2 aromatic heterocycles. The van der Waals surface area contributed by atoms with E-state index in [2.05, 4.69) is 10.2 Å². The molecule has 1 fully saturated rings. The lowest BCUT2D eigenvalue weighted by Gasteiger charge is -2.34. The molecule has 0 bridgehead atoms. The van der Waals surface area contributed by atoms with Gasteiger partial charge in [-0.3, -0.25) is 9.69 Å². The summed E-state index contributed by atoms with van der Waals surface area (Å²) in [6, 6.07) is 16.3. The van der Waals surface area contributed by atoms with Gasteiger partial charge in [0, 0.05) is 24.0 Å². The van der Waals surface area contributed by atoms with Crippen LogP contribution in [0.4, 0.5) is 5.69 Å². The predicted octanol–water partition coefficient (Wildman–Crippen LogP) is 4.72. The van der Waals surface area contributed by atoms with E-state index in [1.165, 1.54) is 6.26 Å². The van der Waals surface area contributed by atoms with Gasteiger partial charge < -0.3 is 28.4 Å². The second kappa shape index (κ2) is 9.62. The van der Waals surface area contributed by atoms with Crippen molar-refractivity contribution in [1.29, 1.82) is 0 Å². The number of nitrogens with zero attached hydrogens (tertiary/aromatic N) is 1. The summed E-state index contributed by atoms with van der Waals surface area (Å²) in [7, 11) is 3.27. The van der Waals surface area contributed by atoms with Gasteiger partial charge >= 0.3 is 0 Å². The molecule has 1 atom stereocenters. The van der Waals surface area contributed by atoms with E-state index in [9.17, 15) is 4.79 Å². The summed E-state index contributed by atoms with van der Waals surface area (Å²) < 4.78 is 28.6. The molecule has 1 saturated heterocycles. The summed E-state index contributed by atoms with van der Waals surface area (Å²) in [6.45, 7) is 2.56. The second-order valence-electron chi connectivity index (χ2n) is 7.93. The quantitative estimate of drug-likeness (QED) is 0.425. The number of furan rings is 2. The molecular weight excluding hydrogens is 436 g/mol. The first-order valence-corrected chi connectivity index (χ1v) is 11.1. The third-order valence-corrected chi connectivity index (χ3v) is 6.00. The second-order valence-corrected chi connectivity index (χ2v) is 7.93. The smallest absolute Gasteiger partial charge is 0.291 e. The Morgan fingerprint density at radius 3 is 2.59 bits per heavy atom. The first kappa shape index (κ1) is 22.1. The van der Waals surface area contributed by atoms with E-state index in [0.29, 0.717) is 54.8 Å². The molecule has 1 aliphatic heterocycles. The molecule has 176 valence electrons. The third kappa shape index (κ3) is 4.13. The van der Waals surface area contributed by atoms with Gasteiger partial charge in [0.25, 0.3) is 5.91 Å². The van der Waals surface area contributed by atoms with Gasteiger partial charge in [-0.2, -0.15) is 0 Å². The molecule has 1 amide bonds. The van der Waals surface area contributed by atoms with Gasteiger partial charge in [0.2, 0.25) is 0 Å². The molecule has 34 heavy (non-hydrogen) atoms. The zero-order chi connectivity index (χ0) is 23.5. The zero-order valence-corrected chi connectivity index (χ0v) is 19.1. The molecule has 2 aromatic carbocycles. The molecule has 0 unspecified atom stereocenters. The number of hydrogen-bond donors (Lipinski definition) is 1. The van der Waals surface area contributed by atoms with Gasteiger partial charge in [0.1, 0.15) is 17.1 Å². The van der Waals surface area contributed by atoms with E-state index in [1.54, 1.807) is 26.4 Å². The van der Waals surface area contributed by atoms with Gasteiger partial charge in [0.15, 0.2) is 11.5 Å². The van der Waals surface area contributed by atoms with Gasteiger partial charge in [-0.25, -0.2) is 0 Å². The lowest BCUT2D eigenvalue weighted by atomic mass is 9.98. The molecule has 3 heterocycles. The standard InChI is InChI=1S/C26H26N2O6/c1-30-17-9-10-20(31-2)19(16-17)24(28-11-14-32-15-12-28)25-23(18-6-3-4-7-21(18)34-25)27-26(29)22-8-5-13-33-22/h3-10,13,16,24H,11-12,14-15H2,1-2H3,(H,27,29)/t24-/m0/s1. The highest BCUT2D eigenvalue weighted by atomic mass is 16.5. The number of nitrogens with one attached hydrogen (secondary N) is 1. The van der Waals surface area contributed by atoms with Crippen molar-refractivity contribution in [2.24, 2.45) is 0 Å². The molecule has 4 aromatic rings.